The number of amides is 2. The summed E-state index contributed by atoms with van der Waals surface area (Å²) >= 11 is 7.64. The number of nitrogens with two attached hydrogens (primary N) is 1. The first-order chi connectivity index (χ1) is 21.5. The number of carbonyl (C=O) groups is 2. The Labute approximate surface area is 266 Å². The SMILES string of the molecule is CC(C)c1cn(C(=O)N2C[C@@H](C)CCC2CN2CCOc3c(cc(F)c(-c4ccc(F)c5sc(N)c(C#N)c45)c3Cl)C2=O)nn1. The van der Waals surface area contributed by atoms with E-state index in [1.165, 1.54) is 10.7 Å². The molecule has 0 bridgehead atoms. The first-order valence-electron chi connectivity index (χ1n) is 14.6. The van der Waals surface area contributed by atoms with Crippen LogP contribution in [0.3, 0.4) is 0 Å². The summed E-state index contributed by atoms with van der Waals surface area (Å²) in [5, 5.41) is 17.9. The molecule has 4 heterocycles. The summed E-state index contributed by atoms with van der Waals surface area (Å²) in [6, 6.07) is 4.89. The van der Waals surface area contributed by atoms with Crippen molar-refractivity contribution in [1.29, 1.82) is 5.26 Å². The summed E-state index contributed by atoms with van der Waals surface area (Å²) in [6.07, 6.45) is 3.16. The van der Waals surface area contributed by atoms with Crippen molar-refractivity contribution < 1.29 is 23.1 Å². The molecule has 1 saturated heterocycles. The molecule has 2 N–H and O–H groups in total. The molecule has 45 heavy (non-hydrogen) atoms. The Bertz CT molecular complexity index is 1880. The minimum atomic E-state index is -0.838. The van der Waals surface area contributed by atoms with Gasteiger partial charge in [0.1, 0.15) is 29.3 Å². The van der Waals surface area contributed by atoms with Gasteiger partial charge in [-0.05, 0) is 42.4 Å². The fourth-order valence-corrected chi connectivity index (χ4v) is 7.31. The van der Waals surface area contributed by atoms with E-state index in [-0.39, 0.29) is 91.7 Å². The van der Waals surface area contributed by atoms with Crippen LogP contribution in [0.4, 0.5) is 18.6 Å². The number of halogens is 3. The Morgan fingerprint density at radius 2 is 2.04 bits per heavy atom. The molecule has 2 aromatic heterocycles. The lowest BCUT2D eigenvalue weighted by Gasteiger charge is -2.40. The quantitative estimate of drug-likeness (QED) is 0.275. The number of aromatic nitrogens is 3. The molecule has 2 atom stereocenters. The first kappa shape index (κ1) is 30.7. The van der Waals surface area contributed by atoms with Crippen LogP contribution in [-0.4, -0.2) is 69.0 Å². The van der Waals surface area contributed by atoms with E-state index in [2.05, 4.69) is 17.2 Å². The first-order valence-corrected chi connectivity index (χ1v) is 15.8. The maximum absolute atomic E-state index is 16.0. The topological polar surface area (TPSA) is 130 Å². The van der Waals surface area contributed by atoms with Crippen LogP contribution in [0.2, 0.25) is 5.02 Å². The molecule has 0 spiro atoms. The van der Waals surface area contributed by atoms with Gasteiger partial charge < -0.3 is 20.3 Å². The molecule has 234 valence electrons. The number of hydrogen-bond donors (Lipinski definition) is 1. The van der Waals surface area contributed by atoms with Crippen molar-refractivity contribution in [3.05, 3.63) is 57.9 Å². The molecular weight excluding hydrogens is 624 g/mol. The second-order valence-electron chi connectivity index (χ2n) is 11.8. The van der Waals surface area contributed by atoms with Gasteiger partial charge in [0.05, 0.1) is 45.3 Å². The third-order valence-electron chi connectivity index (χ3n) is 8.42. The summed E-state index contributed by atoms with van der Waals surface area (Å²) < 4.78 is 37.9. The molecule has 2 aliphatic rings. The molecule has 1 unspecified atom stereocenters. The zero-order chi connectivity index (χ0) is 32.2. The molecule has 6 rings (SSSR count). The van der Waals surface area contributed by atoms with Gasteiger partial charge in [0.2, 0.25) is 0 Å². The van der Waals surface area contributed by atoms with Crippen LogP contribution in [0.5, 0.6) is 5.75 Å². The predicted octanol–water partition coefficient (Wildman–Crippen LogP) is 6.27. The molecule has 0 saturated carbocycles. The number of nitriles is 1. The van der Waals surface area contributed by atoms with Crippen molar-refractivity contribution in [3.63, 3.8) is 0 Å². The Morgan fingerprint density at radius 3 is 2.76 bits per heavy atom. The van der Waals surface area contributed by atoms with Crippen molar-refractivity contribution in [2.75, 3.05) is 32.0 Å². The highest BCUT2D eigenvalue weighted by atomic mass is 35.5. The van der Waals surface area contributed by atoms with E-state index in [1.807, 2.05) is 19.9 Å². The molecule has 4 aromatic rings. The normalized spacial score (nSPS) is 18.6. The largest absolute Gasteiger partial charge is 0.489 e. The Morgan fingerprint density at radius 1 is 1.27 bits per heavy atom. The average Bonchev–Trinajstić information content (AvgIpc) is 3.60. The lowest BCUT2D eigenvalue weighted by molar-refractivity contribution is 0.0628. The van der Waals surface area contributed by atoms with E-state index in [0.29, 0.717) is 18.7 Å². The zero-order valence-electron chi connectivity index (χ0n) is 24.8. The third kappa shape index (κ3) is 5.36. The number of benzene rings is 2. The highest BCUT2D eigenvalue weighted by molar-refractivity contribution is 7.23. The molecule has 0 aliphatic carbocycles. The van der Waals surface area contributed by atoms with E-state index >= 15 is 4.39 Å². The highest BCUT2D eigenvalue weighted by Gasteiger charge is 2.36. The van der Waals surface area contributed by atoms with Gasteiger partial charge in [-0.1, -0.05) is 43.7 Å². The zero-order valence-corrected chi connectivity index (χ0v) is 26.4. The molecule has 1 fully saturated rings. The molecule has 2 aliphatic heterocycles. The lowest BCUT2D eigenvalue weighted by atomic mass is 9.93. The summed E-state index contributed by atoms with van der Waals surface area (Å²) in [4.78, 5) is 30.7. The van der Waals surface area contributed by atoms with Crippen molar-refractivity contribution in [1.82, 2.24) is 24.8 Å². The fraction of sp³-hybridized carbons (Fsp3) is 0.387. The molecular formula is C31H30ClF2N7O3S. The maximum Gasteiger partial charge on any atom is 0.346 e. The Balaban J connectivity index is 1.33. The number of fused-ring (bicyclic) bond motifs is 2. The average molecular weight is 654 g/mol. The van der Waals surface area contributed by atoms with E-state index in [4.69, 9.17) is 22.1 Å². The summed E-state index contributed by atoms with van der Waals surface area (Å²) in [5.41, 5.74) is 6.67. The van der Waals surface area contributed by atoms with E-state index in [9.17, 15) is 19.2 Å². The number of rotatable bonds is 4. The van der Waals surface area contributed by atoms with Gasteiger partial charge in [-0.2, -0.15) is 9.94 Å². The number of nitrogens with zero attached hydrogens (tertiary/aromatic N) is 6. The van der Waals surface area contributed by atoms with Gasteiger partial charge >= 0.3 is 6.03 Å². The second kappa shape index (κ2) is 11.9. The van der Waals surface area contributed by atoms with Crippen LogP contribution < -0.4 is 10.5 Å². The summed E-state index contributed by atoms with van der Waals surface area (Å²) in [7, 11) is 0. The van der Waals surface area contributed by atoms with E-state index < -0.39 is 17.5 Å². The number of carbonyl (C=O) groups excluding carboxylic acids is 2. The Hall–Kier alpha value is -4.28. The Kier molecular flexibility index (Phi) is 8.13. The molecule has 2 amide bonds. The molecule has 10 nitrogen and oxygen atoms in total. The third-order valence-corrected chi connectivity index (χ3v) is 9.80. The summed E-state index contributed by atoms with van der Waals surface area (Å²) in [5.74, 6) is -1.58. The lowest BCUT2D eigenvalue weighted by Crippen LogP contribution is -2.53. The van der Waals surface area contributed by atoms with Crippen LogP contribution >= 0.6 is 22.9 Å². The second-order valence-corrected chi connectivity index (χ2v) is 13.2. The maximum atomic E-state index is 16.0. The number of nitrogen functional groups attached to an aromatic ring is 1. The van der Waals surface area contributed by atoms with Gasteiger partial charge in [0.25, 0.3) is 5.91 Å². The minimum Gasteiger partial charge on any atom is -0.489 e. The number of thiophene rings is 1. The van der Waals surface area contributed by atoms with Gasteiger partial charge in [-0.3, -0.25) is 4.79 Å². The van der Waals surface area contributed by atoms with Gasteiger partial charge in [0.15, 0.2) is 5.75 Å². The minimum absolute atomic E-state index is 0.00576. The van der Waals surface area contributed by atoms with Crippen LogP contribution in [0.1, 0.15) is 61.1 Å². The van der Waals surface area contributed by atoms with Crippen LogP contribution in [-0.2, 0) is 0 Å². The standard InChI is InChI=1S/C31H30ClF2N7O3S/c1-15(2)23-14-41(38-37-23)31(43)40-12-16(3)4-5-17(40)13-39-8-9-44-27-19(30(39)42)10-22(34)25(26(27)32)18-6-7-21(33)28-24(18)20(11-35)29(36)45-28/h6-7,10,14-17H,4-5,8-9,12-13,36H2,1-3H3/t16-,17?/m0/s1. The van der Waals surface area contributed by atoms with Crippen molar-refractivity contribution >= 4 is 50.0 Å². The fourth-order valence-electron chi connectivity index (χ4n) is 6.01. The van der Waals surface area contributed by atoms with Crippen LogP contribution in [0.15, 0.2) is 24.4 Å². The van der Waals surface area contributed by atoms with Gasteiger partial charge in [-0.15, -0.1) is 16.4 Å². The number of ether oxygens (including phenoxy) is 1. The predicted molar refractivity (Wildman–Crippen MR) is 167 cm³/mol. The number of anilines is 1. The van der Waals surface area contributed by atoms with Crippen LogP contribution in [0.25, 0.3) is 21.2 Å². The van der Waals surface area contributed by atoms with Crippen molar-refractivity contribution in [2.45, 2.75) is 45.6 Å². The van der Waals surface area contributed by atoms with Crippen molar-refractivity contribution in [3.8, 4) is 22.9 Å². The molecule has 0 radical (unpaired) electrons. The van der Waals surface area contributed by atoms with Crippen LogP contribution in [0, 0.1) is 28.9 Å². The number of hydrogen-bond acceptors (Lipinski definition) is 8. The van der Waals surface area contributed by atoms with E-state index in [0.717, 1.165) is 29.9 Å². The van der Waals surface area contributed by atoms with Gasteiger partial charge in [0, 0.05) is 24.0 Å². The van der Waals surface area contributed by atoms with Gasteiger partial charge in [-0.25, -0.2) is 13.6 Å². The van der Waals surface area contributed by atoms with Crippen molar-refractivity contribution in [2.24, 2.45) is 5.92 Å². The number of likely N-dealkylation sites (tertiary alicyclic amines) is 1. The molecule has 14 heteroatoms. The monoisotopic (exact) mass is 653 g/mol. The summed E-state index contributed by atoms with van der Waals surface area (Å²) in [6.45, 7) is 6.93. The number of piperidine rings is 1. The smallest absolute Gasteiger partial charge is 0.346 e. The highest BCUT2D eigenvalue weighted by Crippen LogP contribution is 2.47. The molecule has 2 aromatic carbocycles. The van der Waals surface area contributed by atoms with E-state index in [1.54, 1.807) is 16.0 Å².